The van der Waals surface area contributed by atoms with E-state index in [1.165, 1.54) is 14.2 Å². The summed E-state index contributed by atoms with van der Waals surface area (Å²) in [5.74, 6) is 0.222. The minimum Gasteiger partial charge on any atom is -0.497 e. The quantitative estimate of drug-likeness (QED) is 0.873. The van der Waals surface area contributed by atoms with Crippen LogP contribution < -0.4 is 14.8 Å². The van der Waals surface area contributed by atoms with E-state index in [0.29, 0.717) is 29.2 Å². The molecule has 3 rings (SSSR count). The van der Waals surface area contributed by atoms with Crippen LogP contribution in [0.2, 0.25) is 0 Å². The summed E-state index contributed by atoms with van der Waals surface area (Å²) in [4.78, 5) is 24.5. The first-order valence-corrected chi connectivity index (χ1v) is 7.43. The van der Waals surface area contributed by atoms with E-state index in [4.69, 9.17) is 14.2 Å². The molecule has 0 saturated heterocycles. The van der Waals surface area contributed by atoms with Gasteiger partial charge in [0.05, 0.1) is 19.8 Å². The Morgan fingerprint density at radius 2 is 1.79 bits per heavy atom. The van der Waals surface area contributed by atoms with E-state index >= 15 is 0 Å². The number of rotatable bonds is 4. The summed E-state index contributed by atoms with van der Waals surface area (Å²) in [6.07, 6.45) is -0.529. The standard InChI is InChI=1S/C18H17NO5/c1-22-13-8-12(9-14(10-13)23-2)19-17(20)16-7-11-5-3-4-6-15(11)18(21)24-16/h3-6,8-10,16H,7H2,1-2H3,(H,19,20)/t16-/m0/s1. The van der Waals surface area contributed by atoms with Crippen molar-refractivity contribution in [2.24, 2.45) is 0 Å². The van der Waals surface area contributed by atoms with E-state index in [0.717, 1.165) is 5.56 Å². The summed E-state index contributed by atoms with van der Waals surface area (Å²) in [5, 5.41) is 2.74. The van der Waals surface area contributed by atoms with Crippen molar-refractivity contribution >= 4 is 17.6 Å². The maximum absolute atomic E-state index is 12.5. The van der Waals surface area contributed by atoms with E-state index in [9.17, 15) is 9.59 Å². The smallest absolute Gasteiger partial charge is 0.339 e. The number of hydrogen-bond donors (Lipinski definition) is 1. The molecule has 2 aromatic rings. The number of nitrogens with one attached hydrogen (secondary N) is 1. The Morgan fingerprint density at radius 3 is 2.46 bits per heavy atom. The Labute approximate surface area is 139 Å². The van der Waals surface area contributed by atoms with Gasteiger partial charge in [-0.1, -0.05) is 18.2 Å². The summed E-state index contributed by atoms with van der Waals surface area (Å²) in [7, 11) is 3.06. The van der Waals surface area contributed by atoms with Crippen molar-refractivity contribution in [3.8, 4) is 11.5 Å². The van der Waals surface area contributed by atoms with Crippen LogP contribution in [0.25, 0.3) is 0 Å². The fourth-order valence-corrected chi connectivity index (χ4v) is 2.58. The van der Waals surface area contributed by atoms with Gasteiger partial charge in [-0.3, -0.25) is 4.79 Å². The number of ether oxygens (including phenoxy) is 3. The van der Waals surface area contributed by atoms with Crippen LogP contribution in [-0.2, 0) is 16.0 Å². The van der Waals surface area contributed by atoms with E-state index in [1.54, 1.807) is 30.3 Å². The zero-order chi connectivity index (χ0) is 17.1. The van der Waals surface area contributed by atoms with Gasteiger partial charge in [0.1, 0.15) is 11.5 Å². The van der Waals surface area contributed by atoms with Crippen molar-refractivity contribution < 1.29 is 23.8 Å². The molecule has 6 heteroatoms. The Hall–Kier alpha value is -3.02. The Morgan fingerprint density at radius 1 is 1.12 bits per heavy atom. The van der Waals surface area contributed by atoms with Crippen molar-refractivity contribution in [3.63, 3.8) is 0 Å². The zero-order valence-electron chi connectivity index (χ0n) is 13.4. The molecule has 0 radical (unpaired) electrons. The molecule has 0 aliphatic carbocycles. The van der Waals surface area contributed by atoms with Crippen molar-refractivity contribution in [3.05, 3.63) is 53.6 Å². The minimum atomic E-state index is -0.871. The fourth-order valence-electron chi connectivity index (χ4n) is 2.58. The van der Waals surface area contributed by atoms with Gasteiger partial charge in [0.2, 0.25) is 0 Å². The first kappa shape index (κ1) is 15.9. The number of amides is 1. The topological polar surface area (TPSA) is 73.9 Å². The fraction of sp³-hybridized carbons (Fsp3) is 0.222. The van der Waals surface area contributed by atoms with E-state index in [1.807, 2.05) is 12.1 Å². The predicted molar refractivity (Wildman–Crippen MR) is 87.5 cm³/mol. The second kappa shape index (κ2) is 6.62. The number of fused-ring (bicyclic) bond motifs is 1. The maximum Gasteiger partial charge on any atom is 0.339 e. The molecule has 0 fully saturated rings. The molecule has 1 aliphatic rings. The van der Waals surface area contributed by atoms with E-state index in [2.05, 4.69) is 5.32 Å². The molecule has 0 spiro atoms. The second-order valence-electron chi connectivity index (χ2n) is 5.35. The van der Waals surface area contributed by atoms with Gasteiger partial charge >= 0.3 is 5.97 Å². The van der Waals surface area contributed by atoms with Crippen LogP contribution in [0.4, 0.5) is 5.69 Å². The van der Waals surface area contributed by atoms with Gasteiger partial charge in [-0.15, -0.1) is 0 Å². The van der Waals surface area contributed by atoms with Gasteiger partial charge in [0.25, 0.3) is 5.91 Å². The molecule has 0 aromatic heterocycles. The average molecular weight is 327 g/mol. The SMILES string of the molecule is COc1cc(NC(=O)[C@@H]2Cc3ccccc3C(=O)O2)cc(OC)c1. The lowest BCUT2D eigenvalue weighted by Gasteiger charge is -2.23. The van der Waals surface area contributed by atoms with Crippen LogP contribution in [0.3, 0.4) is 0 Å². The van der Waals surface area contributed by atoms with E-state index < -0.39 is 18.0 Å². The maximum atomic E-state index is 12.5. The van der Waals surface area contributed by atoms with Gasteiger partial charge in [0, 0.05) is 30.3 Å². The highest BCUT2D eigenvalue weighted by atomic mass is 16.5. The van der Waals surface area contributed by atoms with Crippen molar-refractivity contribution in [1.82, 2.24) is 0 Å². The van der Waals surface area contributed by atoms with Crippen LogP contribution in [0.5, 0.6) is 11.5 Å². The monoisotopic (exact) mass is 327 g/mol. The third-order valence-electron chi connectivity index (χ3n) is 3.80. The number of cyclic esters (lactones) is 1. The van der Waals surface area contributed by atoms with Crippen LogP contribution >= 0.6 is 0 Å². The zero-order valence-corrected chi connectivity index (χ0v) is 13.4. The Kier molecular flexibility index (Phi) is 4.37. The summed E-state index contributed by atoms with van der Waals surface area (Å²) < 4.78 is 15.6. The molecule has 0 saturated carbocycles. The van der Waals surface area contributed by atoms with Gasteiger partial charge in [-0.25, -0.2) is 4.79 Å². The number of anilines is 1. The molecule has 1 aliphatic heterocycles. The largest absolute Gasteiger partial charge is 0.497 e. The Balaban J connectivity index is 1.78. The van der Waals surface area contributed by atoms with Crippen molar-refractivity contribution in [1.29, 1.82) is 0 Å². The number of methoxy groups -OCH3 is 2. The molecule has 0 bridgehead atoms. The van der Waals surface area contributed by atoms with E-state index in [-0.39, 0.29) is 0 Å². The normalized spacial score (nSPS) is 15.9. The highest BCUT2D eigenvalue weighted by Crippen LogP contribution is 2.27. The molecule has 6 nitrogen and oxygen atoms in total. The van der Waals surface area contributed by atoms with Gasteiger partial charge in [-0.2, -0.15) is 0 Å². The second-order valence-corrected chi connectivity index (χ2v) is 5.35. The molecule has 24 heavy (non-hydrogen) atoms. The van der Waals surface area contributed by atoms with Crippen molar-refractivity contribution in [2.75, 3.05) is 19.5 Å². The minimum absolute atomic E-state index is 0.342. The number of benzene rings is 2. The number of carbonyl (C=O) groups is 2. The molecular weight excluding hydrogens is 310 g/mol. The number of esters is 1. The van der Waals surface area contributed by atoms with Crippen LogP contribution in [0.1, 0.15) is 15.9 Å². The van der Waals surface area contributed by atoms with Crippen LogP contribution in [0, 0.1) is 0 Å². The van der Waals surface area contributed by atoms with Gasteiger partial charge < -0.3 is 19.5 Å². The number of carbonyl (C=O) groups excluding carboxylic acids is 2. The van der Waals surface area contributed by atoms with Crippen molar-refractivity contribution in [2.45, 2.75) is 12.5 Å². The lowest BCUT2D eigenvalue weighted by molar-refractivity contribution is -0.125. The molecule has 2 aromatic carbocycles. The molecule has 1 atom stereocenters. The molecule has 1 N–H and O–H groups in total. The summed E-state index contributed by atoms with van der Waals surface area (Å²) >= 11 is 0. The first-order chi connectivity index (χ1) is 11.6. The third kappa shape index (κ3) is 3.17. The molecule has 1 amide bonds. The third-order valence-corrected chi connectivity index (χ3v) is 3.80. The van der Waals surface area contributed by atoms with Gasteiger partial charge in [0.15, 0.2) is 6.10 Å². The summed E-state index contributed by atoms with van der Waals surface area (Å²) in [6, 6.07) is 12.1. The first-order valence-electron chi connectivity index (χ1n) is 7.43. The predicted octanol–water partition coefficient (Wildman–Crippen LogP) is 2.42. The van der Waals surface area contributed by atoms with Gasteiger partial charge in [-0.05, 0) is 11.6 Å². The lowest BCUT2D eigenvalue weighted by Crippen LogP contribution is -2.37. The highest BCUT2D eigenvalue weighted by molar-refractivity contribution is 6.00. The number of hydrogen-bond acceptors (Lipinski definition) is 5. The average Bonchev–Trinajstić information content (AvgIpc) is 2.61. The van der Waals surface area contributed by atoms with Crippen LogP contribution in [0.15, 0.2) is 42.5 Å². The summed E-state index contributed by atoms with van der Waals surface area (Å²) in [6.45, 7) is 0. The summed E-state index contributed by atoms with van der Waals surface area (Å²) in [5.41, 5.74) is 1.81. The molecule has 1 heterocycles. The van der Waals surface area contributed by atoms with Crippen LogP contribution in [-0.4, -0.2) is 32.2 Å². The lowest BCUT2D eigenvalue weighted by atomic mass is 9.98. The molecule has 0 unspecified atom stereocenters. The molecular formula is C18H17NO5. The molecule has 124 valence electrons. The highest BCUT2D eigenvalue weighted by Gasteiger charge is 2.31. The Bertz CT molecular complexity index is 764.